The lowest BCUT2D eigenvalue weighted by atomic mass is 9.74. The molecule has 0 aliphatic carbocycles. The Morgan fingerprint density at radius 1 is 1.12 bits per heavy atom. The minimum atomic E-state index is -1.13. The van der Waals surface area contributed by atoms with E-state index in [1.807, 2.05) is 54.5 Å². The molecule has 3 aliphatic heterocycles. The molecule has 2 unspecified atom stereocenters. The molecule has 3 aliphatic rings. The molecule has 4 rings (SSSR count). The van der Waals surface area contributed by atoms with Crippen LogP contribution < -0.4 is 5.46 Å². The summed E-state index contributed by atoms with van der Waals surface area (Å²) in [7, 11) is -0.555. The van der Waals surface area contributed by atoms with E-state index in [1.54, 1.807) is 17.3 Å². The normalized spacial score (nSPS) is 31.5. The van der Waals surface area contributed by atoms with E-state index in [-0.39, 0.29) is 18.2 Å². The molecule has 1 N–H and O–H groups in total. The Labute approximate surface area is 190 Å². The molecule has 0 aromatic carbocycles. The van der Waals surface area contributed by atoms with Crippen LogP contribution in [0.25, 0.3) is 0 Å². The number of hydrogen-bond donors (Lipinski definition) is 1. The van der Waals surface area contributed by atoms with E-state index >= 15 is 0 Å². The number of aromatic nitrogens is 1. The molecule has 2 atom stereocenters. The van der Waals surface area contributed by atoms with E-state index in [0.29, 0.717) is 31.6 Å². The molecule has 1 aromatic rings. The van der Waals surface area contributed by atoms with Crippen LogP contribution in [0.1, 0.15) is 66.9 Å². The van der Waals surface area contributed by atoms with Crippen molar-refractivity contribution in [1.82, 2.24) is 9.88 Å². The first-order valence-electron chi connectivity index (χ1n) is 11.3. The van der Waals surface area contributed by atoms with Gasteiger partial charge in [0.1, 0.15) is 5.60 Å². The van der Waals surface area contributed by atoms with Gasteiger partial charge in [0.15, 0.2) is 0 Å². The molecule has 3 fully saturated rings. The zero-order valence-electron chi connectivity index (χ0n) is 20.2. The molecule has 3 saturated heterocycles. The highest BCUT2D eigenvalue weighted by Gasteiger charge is 2.53. The second-order valence-electron chi connectivity index (χ2n) is 11.3. The van der Waals surface area contributed by atoms with Gasteiger partial charge in [-0.25, -0.2) is 4.79 Å². The standard InChI is InChI=1S/C23H35BN2O6/c1-20(2,3)30-19(27)26-17-9-23(28,10-18(26)14-29-13-17)15-8-16(12-25-11-15)24-31-21(4,5)22(6,7)32-24/h8,11-12,17-18,28H,9-10,13-14H2,1-7H3. The van der Waals surface area contributed by atoms with Crippen molar-refractivity contribution in [3.63, 3.8) is 0 Å². The molecule has 4 heterocycles. The van der Waals surface area contributed by atoms with Gasteiger partial charge in [-0.3, -0.25) is 9.88 Å². The maximum absolute atomic E-state index is 12.8. The van der Waals surface area contributed by atoms with Gasteiger partial charge in [0, 0.05) is 36.3 Å². The first-order valence-corrected chi connectivity index (χ1v) is 11.3. The highest BCUT2D eigenvalue weighted by Crippen LogP contribution is 2.42. The number of carbonyl (C=O) groups is 1. The SMILES string of the molecule is CC(C)(C)OC(=O)N1C2COCC1CC(O)(c1cncc(B3OC(C)(C)C(C)(C)O3)c1)C2. The fourth-order valence-corrected chi connectivity index (χ4v) is 4.65. The number of piperidine rings is 1. The topological polar surface area (TPSA) is 90.4 Å². The number of morpholine rings is 1. The number of carbonyl (C=O) groups excluding carboxylic acids is 1. The molecule has 1 aromatic heterocycles. The summed E-state index contributed by atoms with van der Waals surface area (Å²) in [5.74, 6) is 0. The summed E-state index contributed by atoms with van der Waals surface area (Å²) in [6.07, 6.45) is 3.74. The molecule has 1 amide bonds. The monoisotopic (exact) mass is 446 g/mol. The van der Waals surface area contributed by atoms with Crippen LogP contribution in [0, 0.1) is 0 Å². The van der Waals surface area contributed by atoms with Crippen LogP contribution in [0.4, 0.5) is 4.79 Å². The highest BCUT2D eigenvalue weighted by atomic mass is 16.7. The van der Waals surface area contributed by atoms with Crippen LogP contribution in [-0.4, -0.2) is 70.3 Å². The van der Waals surface area contributed by atoms with Gasteiger partial charge in [0.25, 0.3) is 0 Å². The van der Waals surface area contributed by atoms with Gasteiger partial charge < -0.3 is 23.9 Å². The van der Waals surface area contributed by atoms with E-state index in [2.05, 4.69) is 4.98 Å². The predicted molar refractivity (Wildman–Crippen MR) is 120 cm³/mol. The third-order valence-electron chi connectivity index (χ3n) is 6.98. The van der Waals surface area contributed by atoms with Crippen molar-refractivity contribution in [2.24, 2.45) is 0 Å². The number of rotatable bonds is 2. The third kappa shape index (κ3) is 4.28. The molecular formula is C23H35BN2O6. The third-order valence-corrected chi connectivity index (χ3v) is 6.98. The molecule has 176 valence electrons. The number of hydrogen-bond acceptors (Lipinski definition) is 7. The number of ether oxygens (including phenoxy) is 2. The molecule has 9 heteroatoms. The molecule has 32 heavy (non-hydrogen) atoms. The fraction of sp³-hybridized carbons (Fsp3) is 0.739. The van der Waals surface area contributed by atoms with Crippen molar-refractivity contribution in [3.8, 4) is 0 Å². The summed E-state index contributed by atoms with van der Waals surface area (Å²) in [6, 6.07) is 1.36. The van der Waals surface area contributed by atoms with E-state index in [4.69, 9.17) is 18.8 Å². The summed E-state index contributed by atoms with van der Waals surface area (Å²) < 4.78 is 23.7. The van der Waals surface area contributed by atoms with Crippen LogP contribution in [0.5, 0.6) is 0 Å². The van der Waals surface area contributed by atoms with Crippen molar-refractivity contribution in [2.45, 2.75) is 95.8 Å². The van der Waals surface area contributed by atoms with E-state index in [9.17, 15) is 9.90 Å². The Bertz CT molecular complexity index is 853. The Balaban J connectivity index is 1.57. The first kappa shape index (κ1) is 23.5. The molecule has 2 bridgehead atoms. The highest BCUT2D eigenvalue weighted by molar-refractivity contribution is 6.62. The Kier molecular flexibility index (Phi) is 5.64. The van der Waals surface area contributed by atoms with Gasteiger partial charge in [0.05, 0.1) is 42.1 Å². The van der Waals surface area contributed by atoms with Gasteiger partial charge in [-0.15, -0.1) is 0 Å². The Hall–Kier alpha value is -1.68. The van der Waals surface area contributed by atoms with E-state index < -0.39 is 29.5 Å². The minimum Gasteiger partial charge on any atom is -0.444 e. The average Bonchev–Trinajstić information content (AvgIpc) is 2.87. The van der Waals surface area contributed by atoms with Crippen molar-refractivity contribution < 1.29 is 28.7 Å². The maximum Gasteiger partial charge on any atom is 0.496 e. The molecule has 8 nitrogen and oxygen atoms in total. The maximum atomic E-state index is 12.8. The average molecular weight is 446 g/mol. The van der Waals surface area contributed by atoms with Crippen molar-refractivity contribution in [2.75, 3.05) is 13.2 Å². The zero-order chi connectivity index (χ0) is 23.5. The lowest BCUT2D eigenvalue weighted by Crippen LogP contribution is -2.63. The number of nitrogens with zero attached hydrogens (tertiary/aromatic N) is 2. The van der Waals surface area contributed by atoms with Gasteiger partial charge in [-0.2, -0.15) is 0 Å². The zero-order valence-corrected chi connectivity index (χ0v) is 20.2. The van der Waals surface area contributed by atoms with Crippen molar-refractivity contribution in [1.29, 1.82) is 0 Å². The lowest BCUT2D eigenvalue weighted by molar-refractivity contribution is -0.141. The van der Waals surface area contributed by atoms with E-state index in [0.717, 1.165) is 5.46 Å². The van der Waals surface area contributed by atoms with Gasteiger partial charge in [-0.1, -0.05) is 6.07 Å². The quantitative estimate of drug-likeness (QED) is 0.698. The lowest BCUT2D eigenvalue weighted by Gasteiger charge is -2.51. The molecule has 0 saturated carbocycles. The summed E-state index contributed by atoms with van der Waals surface area (Å²) in [4.78, 5) is 19.0. The van der Waals surface area contributed by atoms with Gasteiger partial charge in [0.2, 0.25) is 0 Å². The van der Waals surface area contributed by atoms with Gasteiger partial charge >= 0.3 is 13.2 Å². The van der Waals surface area contributed by atoms with Crippen LogP contribution >= 0.6 is 0 Å². The number of aliphatic hydroxyl groups is 1. The molecular weight excluding hydrogens is 411 g/mol. The first-order chi connectivity index (χ1) is 14.7. The van der Waals surface area contributed by atoms with Gasteiger partial charge in [-0.05, 0) is 48.5 Å². The predicted octanol–water partition coefficient (Wildman–Crippen LogP) is 2.37. The molecule has 0 radical (unpaired) electrons. The summed E-state index contributed by atoms with van der Waals surface area (Å²) in [5.41, 5.74) is -1.17. The summed E-state index contributed by atoms with van der Waals surface area (Å²) in [5, 5.41) is 11.7. The smallest absolute Gasteiger partial charge is 0.444 e. The minimum absolute atomic E-state index is 0.275. The Morgan fingerprint density at radius 3 is 2.22 bits per heavy atom. The van der Waals surface area contributed by atoms with Crippen LogP contribution in [0.15, 0.2) is 18.5 Å². The van der Waals surface area contributed by atoms with Crippen LogP contribution in [0.3, 0.4) is 0 Å². The summed E-state index contributed by atoms with van der Waals surface area (Å²) >= 11 is 0. The largest absolute Gasteiger partial charge is 0.496 e. The van der Waals surface area contributed by atoms with Crippen LogP contribution in [-0.2, 0) is 24.4 Å². The van der Waals surface area contributed by atoms with Crippen molar-refractivity contribution >= 4 is 18.7 Å². The van der Waals surface area contributed by atoms with E-state index in [1.165, 1.54) is 0 Å². The second-order valence-corrected chi connectivity index (χ2v) is 11.3. The Morgan fingerprint density at radius 2 is 1.69 bits per heavy atom. The van der Waals surface area contributed by atoms with Crippen LogP contribution in [0.2, 0.25) is 0 Å². The van der Waals surface area contributed by atoms with Crippen molar-refractivity contribution in [3.05, 3.63) is 24.0 Å². The molecule has 0 spiro atoms. The second kappa shape index (κ2) is 7.69. The summed E-state index contributed by atoms with van der Waals surface area (Å²) in [6.45, 7) is 14.3. The number of amides is 1. The number of fused-ring (bicyclic) bond motifs is 2. The fourth-order valence-electron chi connectivity index (χ4n) is 4.65. The number of pyridine rings is 1.